The van der Waals surface area contributed by atoms with E-state index in [4.69, 9.17) is 4.74 Å². The van der Waals surface area contributed by atoms with Crippen LogP contribution in [0.25, 0.3) is 0 Å². The number of hydrogen-bond donors (Lipinski definition) is 1. The van der Waals surface area contributed by atoms with E-state index in [0.717, 1.165) is 19.5 Å². The zero-order chi connectivity index (χ0) is 12.6. The second-order valence-corrected chi connectivity index (χ2v) is 4.60. The average Bonchev–Trinajstić information content (AvgIpc) is 2.25. The van der Waals surface area contributed by atoms with Crippen molar-refractivity contribution < 1.29 is 14.3 Å². The first-order valence-electron chi connectivity index (χ1n) is 5.85. The van der Waals surface area contributed by atoms with E-state index in [9.17, 15) is 4.79 Å². The SMILES string of the molecule is CCNCCC(C)(C)OCC(C)C(=O)OC. The van der Waals surface area contributed by atoms with Gasteiger partial charge in [0.05, 0.1) is 25.2 Å². The van der Waals surface area contributed by atoms with Crippen LogP contribution in [0.15, 0.2) is 0 Å². The number of methoxy groups -OCH3 is 1. The van der Waals surface area contributed by atoms with Crippen molar-refractivity contribution >= 4 is 5.97 Å². The van der Waals surface area contributed by atoms with E-state index < -0.39 is 0 Å². The van der Waals surface area contributed by atoms with Crippen LogP contribution in [0.2, 0.25) is 0 Å². The maximum atomic E-state index is 11.2. The van der Waals surface area contributed by atoms with Crippen LogP contribution in [0, 0.1) is 5.92 Å². The molecule has 0 aromatic rings. The predicted octanol–water partition coefficient (Wildman–Crippen LogP) is 1.59. The van der Waals surface area contributed by atoms with Crippen LogP contribution in [0.1, 0.15) is 34.1 Å². The van der Waals surface area contributed by atoms with E-state index in [-0.39, 0.29) is 17.5 Å². The molecule has 0 saturated heterocycles. The third-order valence-electron chi connectivity index (χ3n) is 2.48. The molecular weight excluding hydrogens is 206 g/mol. The molecule has 0 radical (unpaired) electrons. The normalized spacial score (nSPS) is 13.6. The Morgan fingerprint density at radius 1 is 1.44 bits per heavy atom. The van der Waals surface area contributed by atoms with Gasteiger partial charge in [-0.25, -0.2) is 0 Å². The highest BCUT2D eigenvalue weighted by Gasteiger charge is 2.21. The van der Waals surface area contributed by atoms with E-state index in [2.05, 4.69) is 17.0 Å². The number of carbonyl (C=O) groups is 1. The van der Waals surface area contributed by atoms with Gasteiger partial charge in [-0.1, -0.05) is 6.92 Å². The monoisotopic (exact) mass is 231 g/mol. The minimum absolute atomic E-state index is 0.204. The molecule has 0 fully saturated rings. The summed E-state index contributed by atoms with van der Waals surface area (Å²) in [6.45, 7) is 10.3. The van der Waals surface area contributed by atoms with Gasteiger partial charge in [0, 0.05) is 0 Å². The van der Waals surface area contributed by atoms with Crippen LogP contribution in [0.5, 0.6) is 0 Å². The molecule has 0 aromatic heterocycles. The van der Waals surface area contributed by atoms with Crippen molar-refractivity contribution in [3.05, 3.63) is 0 Å². The molecule has 0 spiro atoms. The number of carbonyl (C=O) groups excluding carboxylic acids is 1. The lowest BCUT2D eigenvalue weighted by Crippen LogP contribution is -2.33. The predicted molar refractivity (Wildman–Crippen MR) is 64.4 cm³/mol. The Morgan fingerprint density at radius 3 is 2.56 bits per heavy atom. The first-order valence-corrected chi connectivity index (χ1v) is 5.85. The highest BCUT2D eigenvalue weighted by atomic mass is 16.5. The summed E-state index contributed by atoms with van der Waals surface area (Å²) in [5, 5.41) is 3.25. The molecule has 0 heterocycles. The van der Waals surface area contributed by atoms with Gasteiger partial charge in [0.15, 0.2) is 0 Å². The standard InChI is InChI=1S/C12H25NO3/c1-6-13-8-7-12(3,4)16-9-10(2)11(14)15-5/h10,13H,6-9H2,1-5H3. The summed E-state index contributed by atoms with van der Waals surface area (Å²) in [6.07, 6.45) is 0.925. The molecule has 0 rings (SSSR count). The van der Waals surface area contributed by atoms with Crippen LogP contribution in [-0.4, -0.2) is 38.4 Å². The van der Waals surface area contributed by atoms with E-state index >= 15 is 0 Å². The lowest BCUT2D eigenvalue weighted by atomic mass is 10.0. The Balaban J connectivity index is 3.84. The van der Waals surface area contributed by atoms with E-state index in [1.807, 2.05) is 20.8 Å². The fourth-order valence-electron chi connectivity index (χ4n) is 1.26. The highest BCUT2D eigenvalue weighted by Crippen LogP contribution is 2.15. The van der Waals surface area contributed by atoms with Crippen LogP contribution >= 0.6 is 0 Å². The zero-order valence-electron chi connectivity index (χ0n) is 11.1. The number of nitrogens with one attached hydrogen (secondary N) is 1. The van der Waals surface area contributed by atoms with E-state index in [1.165, 1.54) is 7.11 Å². The Hall–Kier alpha value is -0.610. The minimum Gasteiger partial charge on any atom is -0.469 e. The molecule has 0 aliphatic rings. The van der Waals surface area contributed by atoms with Gasteiger partial charge in [-0.05, 0) is 40.3 Å². The fourth-order valence-corrected chi connectivity index (χ4v) is 1.26. The van der Waals surface area contributed by atoms with Gasteiger partial charge in [-0.15, -0.1) is 0 Å². The third kappa shape index (κ3) is 6.80. The van der Waals surface area contributed by atoms with Crippen molar-refractivity contribution in [3.8, 4) is 0 Å². The van der Waals surface area contributed by atoms with Gasteiger partial charge < -0.3 is 14.8 Å². The summed E-state index contributed by atoms with van der Waals surface area (Å²) < 4.78 is 10.4. The highest BCUT2D eigenvalue weighted by molar-refractivity contribution is 5.71. The minimum atomic E-state index is -0.220. The molecular formula is C12H25NO3. The molecule has 1 N–H and O–H groups in total. The zero-order valence-corrected chi connectivity index (χ0v) is 11.1. The summed E-state index contributed by atoms with van der Waals surface area (Å²) >= 11 is 0. The Bertz CT molecular complexity index is 204. The van der Waals surface area contributed by atoms with Gasteiger partial charge in [0.2, 0.25) is 0 Å². The van der Waals surface area contributed by atoms with Crippen molar-refractivity contribution in [2.24, 2.45) is 5.92 Å². The fraction of sp³-hybridized carbons (Fsp3) is 0.917. The van der Waals surface area contributed by atoms with Gasteiger partial charge in [0.1, 0.15) is 0 Å². The Morgan fingerprint density at radius 2 is 2.06 bits per heavy atom. The van der Waals surface area contributed by atoms with Crippen LogP contribution in [0.3, 0.4) is 0 Å². The van der Waals surface area contributed by atoms with E-state index in [0.29, 0.717) is 6.61 Å². The van der Waals surface area contributed by atoms with Crippen LogP contribution in [-0.2, 0) is 14.3 Å². The van der Waals surface area contributed by atoms with Crippen molar-refractivity contribution in [1.29, 1.82) is 0 Å². The topological polar surface area (TPSA) is 47.6 Å². The first kappa shape index (κ1) is 15.4. The molecule has 4 heteroatoms. The summed E-state index contributed by atoms with van der Waals surface area (Å²) in [5.41, 5.74) is -0.204. The molecule has 0 amide bonds. The van der Waals surface area contributed by atoms with Crippen LogP contribution < -0.4 is 5.32 Å². The first-order chi connectivity index (χ1) is 7.43. The van der Waals surface area contributed by atoms with Crippen LogP contribution in [0.4, 0.5) is 0 Å². The molecule has 0 aliphatic heterocycles. The van der Waals surface area contributed by atoms with Crippen molar-refractivity contribution in [2.75, 3.05) is 26.8 Å². The third-order valence-corrected chi connectivity index (χ3v) is 2.48. The molecule has 1 atom stereocenters. The van der Waals surface area contributed by atoms with Gasteiger partial charge in [-0.3, -0.25) is 4.79 Å². The second kappa shape index (κ2) is 7.63. The summed E-state index contributed by atoms with van der Waals surface area (Å²) in [7, 11) is 1.40. The quantitative estimate of drug-likeness (QED) is 0.509. The smallest absolute Gasteiger partial charge is 0.310 e. The maximum Gasteiger partial charge on any atom is 0.310 e. The molecule has 1 unspecified atom stereocenters. The largest absolute Gasteiger partial charge is 0.469 e. The molecule has 0 aliphatic carbocycles. The average molecular weight is 231 g/mol. The Labute approximate surface area is 98.7 Å². The summed E-state index contributed by atoms with van der Waals surface area (Å²) in [4.78, 5) is 11.2. The second-order valence-electron chi connectivity index (χ2n) is 4.60. The molecule has 4 nitrogen and oxygen atoms in total. The molecule has 0 bridgehead atoms. The van der Waals surface area contributed by atoms with Gasteiger partial charge >= 0.3 is 5.97 Å². The number of ether oxygens (including phenoxy) is 2. The van der Waals surface area contributed by atoms with Gasteiger partial charge in [-0.2, -0.15) is 0 Å². The van der Waals surface area contributed by atoms with E-state index in [1.54, 1.807) is 0 Å². The number of rotatable bonds is 8. The summed E-state index contributed by atoms with van der Waals surface area (Å²) in [5.74, 6) is -0.425. The lowest BCUT2D eigenvalue weighted by Gasteiger charge is -2.26. The molecule has 0 aromatic carbocycles. The maximum absolute atomic E-state index is 11.2. The van der Waals surface area contributed by atoms with Crippen molar-refractivity contribution in [2.45, 2.75) is 39.7 Å². The number of hydrogen-bond acceptors (Lipinski definition) is 4. The summed E-state index contributed by atoms with van der Waals surface area (Å²) in [6, 6.07) is 0. The van der Waals surface area contributed by atoms with Crippen molar-refractivity contribution in [3.63, 3.8) is 0 Å². The van der Waals surface area contributed by atoms with Crippen molar-refractivity contribution in [1.82, 2.24) is 5.32 Å². The van der Waals surface area contributed by atoms with Gasteiger partial charge in [0.25, 0.3) is 0 Å². The lowest BCUT2D eigenvalue weighted by molar-refractivity contribution is -0.149. The molecule has 96 valence electrons. The number of esters is 1. The molecule has 0 saturated carbocycles. The Kier molecular flexibility index (Phi) is 7.34. The molecule has 16 heavy (non-hydrogen) atoms.